The van der Waals surface area contributed by atoms with Crippen LogP contribution in [0.15, 0.2) is 29.1 Å². The highest BCUT2D eigenvalue weighted by atomic mass is 16.5. The molecule has 0 aliphatic carbocycles. The summed E-state index contributed by atoms with van der Waals surface area (Å²) in [5.41, 5.74) is 3.91. The molecule has 2 heterocycles. The van der Waals surface area contributed by atoms with Crippen molar-refractivity contribution in [2.75, 3.05) is 31.8 Å². The van der Waals surface area contributed by atoms with Gasteiger partial charge in [-0.3, -0.25) is 19.2 Å². The lowest BCUT2D eigenvalue weighted by Gasteiger charge is -2.38. The summed E-state index contributed by atoms with van der Waals surface area (Å²) in [5.74, 6) is 0.727. The highest BCUT2D eigenvalue weighted by Gasteiger charge is 2.26. The molecule has 0 spiro atoms. The SMILES string of the molecule is CCc1ccc(N2CN(CCCOC)Cn3c2nc(C)c(C)c3=O)cc1. The van der Waals surface area contributed by atoms with E-state index in [9.17, 15) is 4.79 Å². The zero-order valence-corrected chi connectivity index (χ0v) is 16.2. The lowest BCUT2D eigenvalue weighted by atomic mass is 10.1. The van der Waals surface area contributed by atoms with Crippen LogP contribution >= 0.6 is 0 Å². The molecule has 140 valence electrons. The third kappa shape index (κ3) is 3.66. The molecule has 0 atom stereocenters. The molecule has 0 saturated heterocycles. The van der Waals surface area contributed by atoms with Crippen molar-refractivity contribution < 1.29 is 4.74 Å². The Kier molecular flexibility index (Phi) is 5.74. The molecule has 0 amide bonds. The minimum absolute atomic E-state index is 0.0409. The fourth-order valence-electron chi connectivity index (χ4n) is 3.27. The van der Waals surface area contributed by atoms with Gasteiger partial charge in [0, 0.05) is 37.2 Å². The maximum Gasteiger partial charge on any atom is 0.259 e. The van der Waals surface area contributed by atoms with E-state index in [1.165, 1.54) is 5.56 Å². The van der Waals surface area contributed by atoms with Gasteiger partial charge in [0.15, 0.2) is 0 Å². The average Bonchev–Trinajstić information content (AvgIpc) is 2.66. The first kappa shape index (κ1) is 18.6. The van der Waals surface area contributed by atoms with Crippen LogP contribution in [0.2, 0.25) is 0 Å². The Morgan fingerprint density at radius 2 is 1.88 bits per heavy atom. The molecule has 0 radical (unpaired) electrons. The summed E-state index contributed by atoms with van der Waals surface area (Å²) in [6.45, 7) is 8.77. The van der Waals surface area contributed by atoms with Crippen molar-refractivity contribution in [2.24, 2.45) is 0 Å². The molecule has 0 N–H and O–H groups in total. The van der Waals surface area contributed by atoms with Crippen molar-refractivity contribution in [1.29, 1.82) is 0 Å². The number of methoxy groups -OCH3 is 1. The van der Waals surface area contributed by atoms with Crippen LogP contribution in [-0.2, 0) is 17.8 Å². The second-order valence-electron chi connectivity index (χ2n) is 6.83. The van der Waals surface area contributed by atoms with Gasteiger partial charge >= 0.3 is 0 Å². The molecule has 0 bridgehead atoms. The first-order valence-corrected chi connectivity index (χ1v) is 9.21. The molecule has 1 aromatic heterocycles. The van der Waals surface area contributed by atoms with Crippen LogP contribution in [0.3, 0.4) is 0 Å². The number of rotatable bonds is 6. The number of hydrogen-bond donors (Lipinski definition) is 0. The summed E-state index contributed by atoms with van der Waals surface area (Å²) in [5, 5.41) is 0. The van der Waals surface area contributed by atoms with Gasteiger partial charge in [-0.25, -0.2) is 4.98 Å². The number of nitrogens with zero attached hydrogens (tertiary/aromatic N) is 4. The first-order chi connectivity index (χ1) is 12.5. The number of ether oxygens (including phenoxy) is 1. The van der Waals surface area contributed by atoms with E-state index in [-0.39, 0.29) is 5.56 Å². The van der Waals surface area contributed by atoms with E-state index in [1.807, 2.05) is 13.8 Å². The summed E-state index contributed by atoms with van der Waals surface area (Å²) in [4.78, 5) is 22.0. The number of anilines is 2. The highest BCUT2D eigenvalue weighted by Crippen LogP contribution is 2.28. The van der Waals surface area contributed by atoms with Crippen molar-refractivity contribution in [1.82, 2.24) is 14.5 Å². The normalized spacial score (nSPS) is 14.5. The fraction of sp³-hybridized carbons (Fsp3) is 0.500. The van der Waals surface area contributed by atoms with Crippen LogP contribution in [0.4, 0.5) is 11.6 Å². The molecule has 6 heteroatoms. The third-order valence-corrected chi connectivity index (χ3v) is 5.02. The molecule has 0 unspecified atom stereocenters. The topological polar surface area (TPSA) is 50.6 Å². The Balaban J connectivity index is 2.00. The van der Waals surface area contributed by atoms with E-state index < -0.39 is 0 Å². The fourth-order valence-corrected chi connectivity index (χ4v) is 3.27. The Morgan fingerprint density at radius 3 is 2.54 bits per heavy atom. The summed E-state index contributed by atoms with van der Waals surface area (Å²) >= 11 is 0. The van der Waals surface area contributed by atoms with Gasteiger partial charge in [-0.15, -0.1) is 0 Å². The van der Waals surface area contributed by atoms with Gasteiger partial charge in [-0.1, -0.05) is 19.1 Å². The van der Waals surface area contributed by atoms with Crippen LogP contribution in [0, 0.1) is 13.8 Å². The van der Waals surface area contributed by atoms with Crippen molar-refractivity contribution in [2.45, 2.75) is 40.3 Å². The summed E-state index contributed by atoms with van der Waals surface area (Å²) in [6.07, 6.45) is 1.94. The monoisotopic (exact) mass is 356 g/mol. The zero-order valence-electron chi connectivity index (χ0n) is 16.2. The van der Waals surface area contributed by atoms with Gasteiger partial charge in [-0.2, -0.15) is 0 Å². The van der Waals surface area contributed by atoms with Gasteiger partial charge in [-0.05, 0) is 44.4 Å². The average molecular weight is 356 g/mol. The molecular weight excluding hydrogens is 328 g/mol. The van der Waals surface area contributed by atoms with E-state index in [2.05, 4.69) is 41.0 Å². The largest absolute Gasteiger partial charge is 0.385 e. The lowest BCUT2D eigenvalue weighted by Crippen LogP contribution is -2.48. The molecule has 0 saturated carbocycles. The molecule has 0 fully saturated rings. The summed E-state index contributed by atoms with van der Waals surface area (Å²) in [7, 11) is 1.72. The predicted octanol–water partition coefficient (Wildman–Crippen LogP) is 2.83. The van der Waals surface area contributed by atoms with Gasteiger partial charge < -0.3 is 4.74 Å². The quantitative estimate of drug-likeness (QED) is 0.745. The molecule has 3 rings (SSSR count). The second kappa shape index (κ2) is 8.01. The first-order valence-electron chi connectivity index (χ1n) is 9.21. The minimum atomic E-state index is 0.0409. The van der Waals surface area contributed by atoms with Crippen molar-refractivity contribution in [3.63, 3.8) is 0 Å². The standard InChI is InChI=1S/C20H28N4O2/c1-5-17-7-9-18(10-8-17)23-13-22(11-6-12-26-4)14-24-19(25)15(2)16(3)21-20(23)24/h7-10H,5-6,11-14H2,1-4H3. The number of aryl methyl sites for hydroxylation is 2. The molecule has 6 nitrogen and oxygen atoms in total. The lowest BCUT2D eigenvalue weighted by molar-refractivity contribution is 0.150. The molecular formula is C20H28N4O2. The zero-order chi connectivity index (χ0) is 18.7. The van der Waals surface area contributed by atoms with Crippen LogP contribution in [0.25, 0.3) is 0 Å². The Morgan fingerprint density at radius 1 is 1.15 bits per heavy atom. The van der Waals surface area contributed by atoms with Gasteiger partial charge in [0.05, 0.1) is 13.3 Å². The van der Waals surface area contributed by atoms with Crippen LogP contribution in [0.1, 0.15) is 30.2 Å². The van der Waals surface area contributed by atoms with Gasteiger partial charge in [0.25, 0.3) is 5.56 Å². The Labute approximate surface area is 155 Å². The number of aromatic nitrogens is 2. The van der Waals surface area contributed by atoms with E-state index in [1.54, 1.807) is 11.7 Å². The Hall–Kier alpha value is -2.18. The summed E-state index contributed by atoms with van der Waals surface area (Å²) in [6, 6.07) is 8.51. The van der Waals surface area contributed by atoms with Crippen molar-refractivity contribution in [3.8, 4) is 0 Å². The Bertz CT molecular complexity index is 814. The molecule has 1 aliphatic heterocycles. The minimum Gasteiger partial charge on any atom is -0.385 e. The van der Waals surface area contributed by atoms with E-state index in [4.69, 9.17) is 9.72 Å². The predicted molar refractivity (Wildman–Crippen MR) is 104 cm³/mol. The third-order valence-electron chi connectivity index (χ3n) is 5.02. The van der Waals surface area contributed by atoms with Gasteiger partial charge in [0.1, 0.15) is 0 Å². The van der Waals surface area contributed by atoms with Crippen molar-refractivity contribution >= 4 is 11.6 Å². The maximum absolute atomic E-state index is 12.8. The molecule has 2 aromatic rings. The molecule has 1 aromatic carbocycles. The number of fused-ring (bicyclic) bond motifs is 1. The van der Waals surface area contributed by atoms with Crippen LogP contribution in [0.5, 0.6) is 0 Å². The van der Waals surface area contributed by atoms with E-state index in [0.717, 1.165) is 36.7 Å². The summed E-state index contributed by atoms with van der Waals surface area (Å²) < 4.78 is 6.96. The van der Waals surface area contributed by atoms with Crippen LogP contribution in [-0.4, -0.2) is 41.4 Å². The molecule has 1 aliphatic rings. The van der Waals surface area contributed by atoms with E-state index >= 15 is 0 Å². The smallest absolute Gasteiger partial charge is 0.259 e. The second-order valence-corrected chi connectivity index (χ2v) is 6.83. The van der Waals surface area contributed by atoms with Crippen LogP contribution < -0.4 is 10.5 Å². The van der Waals surface area contributed by atoms with Crippen molar-refractivity contribution in [3.05, 3.63) is 51.4 Å². The van der Waals surface area contributed by atoms with Gasteiger partial charge in [0.2, 0.25) is 5.95 Å². The number of benzene rings is 1. The highest BCUT2D eigenvalue weighted by molar-refractivity contribution is 5.58. The number of hydrogen-bond acceptors (Lipinski definition) is 5. The van der Waals surface area contributed by atoms with E-state index in [0.29, 0.717) is 25.5 Å². The maximum atomic E-state index is 12.8. The molecule has 26 heavy (non-hydrogen) atoms.